The van der Waals surface area contributed by atoms with Crippen LogP contribution in [0.2, 0.25) is 0 Å². The highest BCUT2D eigenvalue weighted by atomic mass is 19.1. The van der Waals surface area contributed by atoms with Crippen molar-refractivity contribution in [3.8, 4) is 12.3 Å². The molecule has 0 bridgehead atoms. The molecule has 0 aromatic carbocycles. The molecule has 3 nitrogen and oxygen atoms in total. The second kappa shape index (κ2) is 6.57. The minimum Gasteiger partial charge on any atom is -0.311 e. The number of halogens is 1. The van der Waals surface area contributed by atoms with Gasteiger partial charge in [-0.25, -0.2) is 4.98 Å². The molecule has 1 aromatic rings. The van der Waals surface area contributed by atoms with E-state index in [1.165, 1.54) is 12.1 Å². The molecule has 1 heterocycles. The molecule has 0 aliphatic rings. The molecular formula is C12H13FN2O. The highest BCUT2D eigenvalue weighted by molar-refractivity contribution is 5.89. The molecule has 0 fully saturated rings. The van der Waals surface area contributed by atoms with Gasteiger partial charge in [-0.3, -0.25) is 4.79 Å². The Balaban J connectivity index is 2.32. The molecule has 0 saturated carbocycles. The number of pyridine rings is 1. The minimum atomic E-state index is -0.606. The molecule has 0 spiro atoms. The average Bonchev–Trinajstić information content (AvgIpc) is 2.24. The van der Waals surface area contributed by atoms with Gasteiger partial charge in [-0.1, -0.05) is 6.07 Å². The second-order valence-electron chi connectivity index (χ2n) is 3.30. The highest BCUT2D eigenvalue weighted by Gasteiger charge is 2.03. The third kappa shape index (κ3) is 4.56. The Bertz CT molecular complexity index is 398. The summed E-state index contributed by atoms with van der Waals surface area (Å²) < 4.78 is 12.7. The van der Waals surface area contributed by atoms with E-state index in [4.69, 9.17) is 6.42 Å². The largest absolute Gasteiger partial charge is 0.311 e. The number of unbranched alkanes of at least 4 members (excludes halogenated alkanes) is 2. The van der Waals surface area contributed by atoms with Gasteiger partial charge in [0.25, 0.3) is 0 Å². The molecule has 1 amide bonds. The van der Waals surface area contributed by atoms with Crippen molar-refractivity contribution in [2.45, 2.75) is 25.7 Å². The van der Waals surface area contributed by atoms with E-state index in [-0.39, 0.29) is 11.7 Å². The fourth-order valence-corrected chi connectivity index (χ4v) is 1.20. The number of hydrogen-bond acceptors (Lipinski definition) is 2. The summed E-state index contributed by atoms with van der Waals surface area (Å²) in [5, 5.41) is 2.52. The van der Waals surface area contributed by atoms with Crippen molar-refractivity contribution in [3.05, 3.63) is 24.1 Å². The molecule has 0 saturated heterocycles. The molecule has 84 valence electrons. The van der Waals surface area contributed by atoms with Crippen LogP contribution < -0.4 is 5.32 Å². The van der Waals surface area contributed by atoms with Gasteiger partial charge in [0.05, 0.1) is 0 Å². The van der Waals surface area contributed by atoms with Crippen LogP contribution in [0, 0.1) is 18.3 Å². The van der Waals surface area contributed by atoms with E-state index in [9.17, 15) is 9.18 Å². The summed E-state index contributed by atoms with van der Waals surface area (Å²) in [6, 6.07) is 4.27. The Morgan fingerprint density at radius 2 is 2.31 bits per heavy atom. The lowest BCUT2D eigenvalue weighted by atomic mass is 10.2. The zero-order valence-electron chi connectivity index (χ0n) is 8.87. The Morgan fingerprint density at radius 3 is 3.00 bits per heavy atom. The van der Waals surface area contributed by atoms with Gasteiger partial charge in [0.2, 0.25) is 11.9 Å². The molecule has 4 heteroatoms. The monoisotopic (exact) mass is 220 g/mol. The van der Waals surface area contributed by atoms with E-state index in [0.717, 1.165) is 12.8 Å². The number of nitrogens with zero attached hydrogens (tertiary/aromatic N) is 1. The van der Waals surface area contributed by atoms with E-state index < -0.39 is 5.95 Å². The number of carbonyl (C=O) groups excluding carboxylic acids is 1. The van der Waals surface area contributed by atoms with E-state index in [0.29, 0.717) is 12.8 Å². The van der Waals surface area contributed by atoms with Gasteiger partial charge in [0.1, 0.15) is 5.82 Å². The van der Waals surface area contributed by atoms with Crippen LogP contribution in [0.3, 0.4) is 0 Å². The summed E-state index contributed by atoms with van der Waals surface area (Å²) in [5.74, 6) is 1.97. The van der Waals surface area contributed by atoms with Crippen molar-refractivity contribution in [3.63, 3.8) is 0 Å². The van der Waals surface area contributed by atoms with Crippen molar-refractivity contribution in [2.75, 3.05) is 5.32 Å². The number of anilines is 1. The quantitative estimate of drug-likeness (QED) is 0.470. The molecule has 0 aliphatic heterocycles. The van der Waals surface area contributed by atoms with Crippen molar-refractivity contribution < 1.29 is 9.18 Å². The van der Waals surface area contributed by atoms with E-state index in [2.05, 4.69) is 16.2 Å². The fraction of sp³-hybridized carbons (Fsp3) is 0.333. The van der Waals surface area contributed by atoms with E-state index in [1.54, 1.807) is 6.07 Å². The summed E-state index contributed by atoms with van der Waals surface area (Å²) in [5.41, 5.74) is 0. The molecule has 0 unspecified atom stereocenters. The number of aromatic nitrogens is 1. The standard InChI is InChI=1S/C12H13FN2O/c1-2-3-4-5-9-12(16)15-11-8-6-7-10(13)14-11/h1,6-8H,3-5,9H2,(H,14,15,16). The second-order valence-corrected chi connectivity index (χ2v) is 3.30. The lowest BCUT2D eigenvalue weighted by Gasteiger charge is -2.03. The van der Waals surface area contributed by atoms with Gasteiger partial charge >= 0.3 is 0 Å². The summed E-state index contributed by atoms with van der Waals surface area (Å²) in [7, 11) is 0. The maximum atomic E-state index is 12.7. The predicted octanol–water partition coefficient (Wildman–Crippen LogP) is 2.35. The van der Waals surface area contributed by atoms with Crippen molar-refractivity contribution in [1.29, 1.82) is 0 Å². The number of terminal acetylenes is 1. The first kappa shape index (κ1) is 12.2. The van der Waals surface area contributed by atoms with Crippen molar-refractivity contribution >= 4 is 11.7 Å². The van der Waals surface area contributed by atoms with Gasteiger partial charge in [-0.15, -0.1) is 12.3 Å². The van der Waals surface area contributed by atoms with Crippen LogP contribution in [0.1, 0.15) is 25.7 Å². The number of nitrogens with one attached hydrogen (secondary N) is 1. The van der Waals surface area contributed by atoms with E-state index >= 15 is 0 Å². The van der Waals surface area contributed by atoms with Crippen LogP contribution in [0.15, 0.2) is 18.2 Å². The SMILES string of the molecule is C#CCCCCC(=O)Nc1cccc(F)n1. The van der Waals surface area contributed by atoms with Crippen LogP contribution >= 0.6 is 0 Å². The van der Waals surface area contributed by atoms with Crippen molar-refractivity contribution in [2.24, 2.45) is 0 Å². The molecule has 0 aliphatic carbocycles. The zero-order chi connectivity index (χ0) is 11.8. The Hall–Kier alpha value is -1.89. The molecule has 1 rings (SSSR count). The fourth-order valence-electron chi connectivity index (χ4n) is 1.20. The lowest BCUT2D eigenvalue weighted by Crippen LogP contribution is -2.12. The number of amides is 1. The Kier molecular flexibility index (Phi) is 5.00. The third-order valence-electron chi connectivity index (χ3n) is 1.96. The molecule has 16 heavy (non-hydrogen) atoms. The molecule has 0 atom stereocenters. The maximum Gasteiger partial charge on any atom is 0.225 e. The number of rotatable bonds is 5. The summed E-state index contributed by atoms with van der Waals surface area (Å²) in [6.45, 7) is 0. The van der Waals surface area contributed by atoms with Gasteiger partial charge in [-0.2, -0.15) is 4.39 Å². The average molecular weight is 220 g/mol. The van der Waals surface area contributed by atoms with Crippen molar-refractivity contribution in [1.82, 2.24) is 4.98 Å². The lowest BCUT2D eigenvalue weighted by molar-refractivity contribution is -0.116. The van der Waals surface area contributed by atoms with Gasteiger partial charge in [0.15, 0.2) is 0 Å². The van der Waals surface area contributed by atoms with Crippen LogP contribution in [-0.4, -0.2) is 10.9 Å². The van der Waals surface area contributed by atoms with Crippen LogP contribution in [0.4, 0.5) is 10.2 Å². The maximum absolute atomic E-state index is 12.7. The Labute approximate surface area is 94.1 Å². The molecular weight excluding hydrogens is 207 g/mol. The third-order valence-corrected chi connectivity index (χ3v) is 1.96. The van der Waals surface area contributed by atoms with Crippen LogP contribution in [0.25, 0.3) is 0 Å². The Morgan fingerprint density at radius 1 is 1.50 bits per heavy atom. The summed E-state index contributed by atoms with van der Waals surface area (Å²) in [4.78, 5) is 14.9. The molecule has 1 aromatic heterocycles. The van der Waals surface area contributed by atoms with Gasteiger partial charge in [0, 0.05) is 12.8 Å². The van der Waals surface area contributed by atoms with Crippen LogP contribution in [-0.2, 0) is 4.79 Å². The number of hydrogen-bond donors (Lipinski definition) is 1. The topological polar surface area (TPSA) is 42.0 Å². The van der Waals surface area contributed by atoms with Gasteiger partial charge in [-0.05, 0) is 25.0 Å². The van der Waals surface area contributed by atoms with Gasteiger partial charge < -0.3 is 5.32 Å². The van der Waals surface area contributed by atoms with Crippen LogP contribution in [0.5, 0.6) is 0 Å². The number of carbonyl (C=O) groups is 1. The van der Waals surface area contributed by atoms with E-state index in [1.807, 2.05) is 0 Å². The first-order chi connectivity index (χ1) is 7.72. The first-order valence-corrected chi connectivity index (χ1v) is 5.08. The zero-order valence-corrected chi connectivity index (χ0v) is 8.87. The normalized spacial score (nSPS) is 9.50. The molecule has 1 N–H and O–H groups in total. The molecule has 0 radical (unpaired) electrons. The first-order valence-electron chi connectivity index (χ1n) is 5.08. The predicted molar refractivity (Wildman–Crippen MR) is 60.1 cm³/mol. The smallest absolute Gasteiger partial charge is 0.225 e. The summed E-state index contributed by atoms with van der Waals surface area (Å²) in [6.07, 6.45) is 7.68. The minimum absolute atomic E-state index is 0.171. The highest BCUT2D eigenvalue weighted by Crippen LogP contribution is 2.06. The summed E-state index contributed by atoms with van der Waals surface area (Å²) >= 11 is 0.